The van der Waals surface area contributed by atoms with Gasteiger partial charge in [-0.2, -0.15) is 0 Å². The molecule has 0 amide bonds. The topological polar surface area (TPSA) is 29.5 Å². The zero-order valence-electron chi connectivity index (χ0n) is 11.1. The first-order valence-corrected chi connectivity index (χ1v) is 6.62. The molecular weight excluding hydrogens is 212 g/mol. The Morgan fingerprint density at radius 2 is 1.76 bits per heavy atom. The van der Waals surface area contributed by atoms with E-state index in [1.807, 2.05) is 31.2 Å². The van der Waals surface area contributed by atoms with Crippen LogP contribution in [0, 0.1) is 5.92 Å². The smallest absolute Gasteiger partial charge is 0.125 e. The lowest BCUT2D eigenvalue weighted by molar-refractivity contribution is 0.137. The Labute approximate surface area is 105 Å². The molecule has 0 bridgehead atoms. The molecule has 0 radical (unpaired) electrons. The molecule has 96 valence electrons. The van der Waals surface area contributed by atoms with Gasteiger partial charge in [0.2, 0.25) is 0 Å². The summed E-state index contributed by atoms with van der Waals surface area (Å²) in [6.45, 7) is 6.95. The van der Waals surface area contributed by atoms with Crippen molar-refractivity contribution in [3.63, 3.8) is 0 Å². The van der Waals surface area contributed by atoms with E-state index in [2.05, 4.69) is 13.8 Å². The number of hydrogen-bond donors (Lipinski definition) is 1. The molecular formula is C15H24O2. The summed E-state index contributed by atoms with van der Waals surface area (Å²) >= 11 is 0. The minimum atomic E-state index is -0.414. The Morgan fingerprint density at radius 1 is 1.12 bits per heavy atom. The number of rotatable bonds is 7. The maximum Gasteiger partial charge on any atom is 0.125 e. The molecule has 0 saturated carbocycles. The zero-order chi connectivity index (χ0) is 12.7. The first-order chi connectivity index (χ1) is 8.22. The second-order valence-electron chi connectivity index (χ2n) is 4.40. The van der Waals surface area contributed by atoms with Crippen molar-refractivity contribution in [3.05, 3.63) is 29.8 Å². The minimum Gasteiger partial charge on any atom is -0.493 e. The maximum absolute atomic E-state index is 10.3. The van der Waals surface area contributed by atoms with E-state index in [0.29, 0.717) is 12.5 Å². The van der Waals surface area contributed by atoms with Crippen molar-refractivity contribution in [3.8, 4) is 5.75 Å². The lowest BCUT2D eigenvalue weighted by Gasteiger charge is -2.19. The molecule has 1 atom stereocenters. The summed E-state index contributed by atoms with van der Waals surface area (Å²) in [6, 6.07) is 7.78. The van der Waals surface area contributed by atoms with E-state index in [-0.39, 0.29) is 0 Å². The highest BCUT2D eigenvalue weighted by Gasteiger charge is 2.16. The molecule has 1 aromatic rings. The fourth-order valence-electron chi connectivity index (χ4n) is 2.11. The number of aliphatic hydroxyl groups is 1. The van der Waals surface area contributed by atoms with Crippen LogP contribution in [0.3, 0.4) is 0 Å². The summed E-state index contributed by atoms with van der Waals surface area (Å²) in [7, 11) is 0. The zero-order valence-corrected chi connectivity index (χ0v) is 11.1. The van der Waals surface area contributed by atoms with Gasteiger partial charge in [0.15, 0.2) is 0 Å². The van der Waals surface area contributed by atoms with Gasteiger partial charge < -0.3 is 9.84 Å². The monoisotopic (exact) mass is 236 g/mol. The molecule has 17 heavy (non-hydrogen) atoms. The summed E-state index contributed by atoms with van der Waals surface area (Å²) < 4.78 is 5.55. The third-order valence-electron chi connectivity index (χ3n) is 3.29. The molecule has 1 unspecified atom stereocenters. The van der Waals surface area contributed by atoms with E-state index < -0.39 is 6.10 Å². The van der Waals surface area contributed by atoms with Gasteiger partial charge in [-0.05, 0) is 25.3 Å². The van der Waals surface area contributed by atoms with Crippen LogP contribution in [0.4, 0.5) is 0 Å². The van der Waals surface area contributed by atoms with E-state index in [0.717, 1.165) is 30.6 Å². The third kappa shape index (κ3) is 4.04. The molecule has 2 heteroatoms. The van der Waals surface area contributed by atoms with Crippen molar-refractivity contribution in [1.29, 1.82) is 0 Å². The lowest BCUT2D eigenvalue weighted by atomic mass is 9.92. The van der Waals surface area contributed by atoms with Crippen molar-refractivity contribution >= 4 is 0 Å². The van der Waals surface area contributed by atoms with Crippen molar-refractivity contribution < 1.29 is 9.84 Å². The van der Waals surface area contributed by atoms with Gasteiger partial charge >= 0.3 is 0 Å². The second kappa shape index (κ2) is 7.33. The Morgan fingerprint density at radius 3 is 2.35 bits per heavy atom. The van der Waals surface area contributed by atoms with E-state index in [1.54, 1.807) is 0 Å². The molecule has 0 aliphatic heterocycles. The van der Waals surface area contributed by atoms with Crippen LogP contribution >= 0.6 is 0 Å². The van der Waals surface area contributed by atoms with E-state index in [4.69, 9.17) is 4.74 Å². The van der Waals surface area contributed by atoms with Crippen LogP contribution in [0.1, 0.15) is 51.7 Å². The summed E-state index contributed by atoms with van der Waals surface area (Å²) in [4.78, 5) is 0. The highest BCUT2D eigenvalue weighted by molar-refractivity contribution is 5.35. The Kier molecular flexibility index (Phi) is 6.06. The number of para-hydroxylation sites is 1. The average molecular weight is 236 g/mol. The molecule has 0 aliphatic rings. The number of ether oxygens (including phenoxy) is 1. The largest absolute Gasteiger partial charge is 0.493 e. The molecule has 0 heterocycles. The summed E-state index contributed by atoms with van der Waals surface area (Å²) in [5.41, 5.74) is 0.918. The normalized spacial score (nSPS) is 12.8. The van der Waals surface area contributed by atoms with Crippen molar-refractivity contribution in [1.82, 2.24) is 0 Å². The van der Waals surface area contributed by atoms with Crippen LogP contribution in [0.25, 0.3) is 0 Å². The van der Waals surface area contributed by atoms with Crippen molar-refractivity contribution in [2.45, 2.75) is 46.1 Å². The average Bonchev–Trinajstić information content (AvgIpc) is 2.36. The number of hydrogen-bond acceptors (Lipinski definition) is 2. The molecule has 0 aliphatic carbocycles. The molecule has 1 aromatic carbocycles. The first kappa shape index (κ1) is 14.0. The molecule has 1 rings (SSSR count). The highest BCUT2D eigenvalue weighted by atomic mass is 16.5. The van der Waals surface area contributed by atoms with Crippen molar-refractivity contribution in [2.75, 3.05) is 6.61 Å². The molecule has 0 saturated heterocycles. The molecule has 1 N–H and O–H groups in total. The van der Waals surface area contributed by atoms with Gasteiger partial charge in [-0.25, -0.2) is 0 Å². The van der Waals surface area contributed by atoms with E-state index in [9.17, 15) is 5.11 Å². The summed E-state index contributed by atoms with van der Waals surface area (Å²) in [5, 5.41) is 10.3. The van der Waals surface area contributed by atoms with Gasteiger partial charge in [0.25, 0.3) is 0 Å². The van der Waals surface area contributed by atoms with Gasteiger partial charge in [-0.3, -0.25) is 0 Å². The first-order valence-electron chi connectivity index (χ1n) is 6.62. The lowest BCUT2D eigenvalue weighted by Crippen LogP contribution is -2.08. The third-order valence-corrected chi connectivity index (χ3v) is 3.29. The van der Waals surface area contributed by atoms with Gasteiger partial charge in [0.1, 0.15) is 5.75 Å². The predicted octanol–water partition coefficient (Wildman–Crippen LogP) is 3.95. The van der Waals surface area contributed by atoms with E-state index >= 15 is 0 Å². The van der Waals surface area contributed by atoms with Gasteiger partial charge in [-0.1, -0.05) is 44.9 Å². The van der Waals surface area contributed by atoms with Crippen LogP contribution in [0.5, 0.6) is 5.75 Å². The number of aliphatic hydroxyl groups excluding tert-OH is 1. The fourth-order valence-corrected chi connectivity index (χ4v) is 2.11. The van der Waals surface area contributed by atoms with E-state index in [1.165, 1.54) is 0 Å². The van der Waals surface area contributed by atoms with Gasteiger partial charge in [0, 0.05) is 5.56 Å². The van der Waals surface area contributed by atoms with Crippen LogP contribution in [-0.4, -0.2) is 11.7 Å². The number of benzene rings is 1. The van der Waals surface area contributed by atoms with Crippen LogP contribution in [0.2, 0.25) is 0 Å². The molecule has 0 fully saturated rings. The highest BCUT2D eigenvalue weighted by Crippen LogP contribution is 2.31. The molecule has 2 nitrogen and oxygen atoms in total. The van der Waals surface area contributed by atoms with Crippen LogP contribution in [-0.2, 0) is 0 Å². The predicted molar refractivity (Wildman–Crippen MR) is 71.3 cm³/mol. The SMILES string of the molecule is CCOc1ccccc1C(O)CC(CC)CC. The Bertz CT molecular complexity index is 318. The van der Waals surface area contributed by atoms with Crippen LogP contribution < -0.4 is 4.74 Å². The second-order valence-corrected chi connectivity index (χ2v) is 4.40. The molecule has 0 spiro atoms. The van der Waals surface area contributed by atoms with Crippen molar-refractivity contribution in [2.24, 2.45) is 5.92 Å². The fraction of sp³-hybridized carbons (Fsp3) is 0.600. The Hall–Kier alpha value is -1.02. The maximum atomic E-state index is 10.3. The summed E-state index contributed by atoms with van der Waals surface area (Å²) in [6.07, 6.45) is 2.63. The summed E-state index contributed by atoms with van der Waals surface area (Å²) in [5.74, 6) is 1.40. The van der Waals surface area contributed by atoms with Crippen LogP contribution in [0.15, 0.2) is 24.3 Å². The molecule has 0 aromatic heterocycles. The Balaban J connectivity index is 2.76. The minimum absolute atomic E-state index is 0.414. The van der Waals surface area contributed by atoms with Gasteiger partial charge in [0.05, 0.1) is 12.7 Å². The van der Waals surface area contributed by atoms with Gasteiger partial charge in [-0.15, -0.1) is 0 Å². The standard InChI is InChI=1S/C15H24O2/c1-4-12(5-2)11-14(16)13-9-7-8-10-15(13)17-6-3/h7-10,12,14,16H,4-6,11H2,1-3H3. The quantitative estimate of drug-likeness (QED) is 0.777.